The van der Waals surface area contributed by atoms with E-state index in [9.17, 15) is 8.78 Å². The number of halogens is 3. The number of rotatable bonds is 3. The zero-order chi connectivity index (χ0) is 10.7. The maximum absolute atomic E-state index is 13.2. The van der Waals surface area contributed by atoms with Gasteiger partial charge < -0.3 is 10.1 Å². The van der Waals surface area contributed by atoms with Crippen LogP contribution < -0.4 is 10.1 Å². The molecular formula is C9H10ClF2NO. The van der Waals surface area contributed by atoms with E-state index in [1.54, 1.807) is 7.05 Å². The summed E-state index contributed by atoms with van der Waals surface area (Å²) in [5.41, 5.74) is 0.485. The Morgan fingerprint density at radius 1 is 1.43 bits per heavy atom. The minimum absolute atomic E-state index is 0.110. The molecule has 0 bridgehead atoms. The summed E-state index contributed by atoms with van der Waals surface area (Å²) in [6.07, 6.45) is 0. The first-order valence-electron chi connectivity index (χ1n) is 3.96. The van der Waals surface area contributed by atoms with Gasteiger partial charge in [0.1, 0.15) is 0 Å². The summed E-state index contributed by atoms with van der Waals surface area (Å²) in [6, 6.07) is 1.34. The zero-order valence-electron chi connectivity index (χ0n) is 7.83. The van der Waals surface area contributed by atoms with Crippen molar-refractivity contribution in [3.63, 3.8) is 0 Å². The molecular weight excluding hydrogens is 212 g/mol. The van der Waals surface area contributed by atoms with Gasteiger partial charge in [0, 0.05) is 12.1 Å². The van der Waals surface area contributed by atoms with Gasteiger partial charge in [-0.1, -0.05) is 11.6 Å². The number of hydrogen-bond acceptors (Lipinski definition) is 2. The standard InChI is InChI=1S/C9H10ClF2NO/c1-13-4-5-3-6(10)7(11)8(12)9(5)14-2/h3,13H,4H2,1-2H3. The molecule has 0 heterocycles. The topological polar surface area (TPSA) is 21.3 Å². The highest BCUT2D eigenvalue weighted by Gasteiger charge is 2.17. The SMILES string of the molecule is CNCc1cc(Cl)c(F)c(F)c1OC. The van der Waals surface area contributed by atoms with Gasteiger partial charge in [-0.25, -0.2) is 4.39 Å². The van der Waals surface area contributed by atoms with Crippen molar-refractivity contribution in [1.82, 2.24) is 5.32 Å². The molecule has 5 heteroatoms. The number of methoxy groups -OCH3 is 1. The Bertz CT molecular complexity index is 344. The van der Waals surface area contributed by atoms with Crippen molar-refractivity contribution in [3.8, 4) is 5.75 Å². The highest BCUT2D eigenvalue weighted by molar-refractivity contribution is 6.30. The van der Waals surface area contributed by atoms with Crippen LogP contribution in [0.1, 0.15) is 5.56 Å². The maximum Gasteiger partial charge on any atom is 0.202 e. The van der Waals surface area contributed by atoms with Gasteiger partial charge in [-0.3, -0.25) is 0 Å². The third-order valence-electron chi connectivity index (χ3n) is 1.77. The Hall–Kier alpha value is -0.870. The minimum Gasteiger partial charge on any atom is -0.493 e. The predicted molar refractivity (Wildman–Crippen MR) is 50.7 cm³/mol. The Labute approximate surface area is 85.8 Å². The second-order valence-electron chi connectivity index (χ2n) is 2.71. The van der Waals surface area contributed by atoms with E-state index >= 15 is 0 Å². The molecule has 1 N–H and O–H groups in total. The summed E-state index contributed by atoms with van der Waals surface area (Å²) in [7, 11) is 2.97. The molecule has 1 rings (SSSR count). The van der Waals surface area contributed by atoms with Gasteiger partial charge in [0.25, 0.3) is 0 Å². The van der Waals surface area contributed by atoms with Gasteiger partial charge in [0.05, 0.1) is 12.1 Å². The first kappa shape index (κ1) is 11.2. The molecule has 0 saturated carbocycles. The van der Waals surface area contributed by atoms with Gasteiger partial charge >= 0.3 is 0 Å². The maximum atomic E-state index is 13.2. The Morgan fingerprint density at radius 3 is 2.57 bits per heavy atom. The Kier molecular flexibility index (Phi) is 3.66. The fraction of sp³-hybridized carbons (Fsp3) is 0.333. The van der Waals surface area contributed by atoms with Crippen LogP contribution in [0.2, 0.25) is 5.02 Å². The molecule has 78 valence electrons. The summed E-state index contributed by atoms with van der Waals surface area (Å²) in [6.45, 7) is 0.361. The molecule has 1 aromatic carbocycles. The van der Waals surface area contributed by atoms with Gasteiger partial charge in [0.2, 0.25) is 5.82 Å². The molecule has 0 aliphatic rings. The third-order valence-corrected chi connectivity index (χ3v) is 2.04. The quantitative estimate of drug-likeness (QED) is 0.792. The van der Waals surface area contributed by atoms with Gasteiger partial charge in [-0.05, 0) is 13.1 Å². The highest BCUT2D eigenvalue weighted by atomic mass is 35.5. The van der Waals surface area contributed by atoms with E-state index < -0.39 is 11.6 Å². The lowest BCUT2D eigenvalue weighted by Crippen LogP contribution is -2.08. The van der Waals surface area contributed by atoms with E-state index in [1.165, 1.54) is 13.2 Å². The van der Waals surface area contributed by atoms with Crippen LogP contribution in [0.5, 0.6) is 5.75 Å². The van der Waals surface area contributed by atoms with Gasteiger partial charge in [-0.15, -0.1) is 0 Å². The van der Waals surface area contributed by atoms with E-state index in [2.05, 4.69) is 5.32 Å². The van der Waals surface area contributed by atoms with Crippen molar-refractivity contribution in [1.29, 1.82) is 0 Å². The average molecular weight is 222 g/mol. The van der Waals surface area contributed by atoms with Crippen LogP contribution in [0.4, 0.5) is 8.78 Å². The van der Waals surface area contributed by atoms with Crippen LogP contribution >= 0.6 is 11.6 Å². The van der Waals surface area contributed by atoms with Crippen molar-refractivity contribution < 1.29 is 13.5 Å². The third kappa shape index (κ3) is 1.96. The van der Waals surface area contributed by atoms with Crippen molar-refractivity contribution in [2.24, 2.45) is 0 Å². The van der Waals surface area contributed by atoms with Crippen molar-refractivity contribution in [2.45, 2.75) is 6.54 Å². The van der Waals surface area contributed by atoms with Gasteiger partial charge in [0.15, 0.2) is 11.6 Å². The Morgan fingerprint density at radius 2 is 2.07 bits per heavy atom. The summed E-state index contributed by atoms with van der Waals surface area (Å²) in [5.74, 6) is -2.24. The fourth-order valence-corrected chi connectivity index (χ4v) is 1.38. The molecule has 0 fully saturated rings. The average Bonchev–Trinajstić information content (AvgIpc) is 2.16. The van der Waals surface area contributed by atoms with Crippen LogP contribution in [-0.2, 0) is 6.54 Å². The van der Waals surface area contributed by atoms with E-state index in [0.29, 0.717) is 12.1 Å². The predicted octanol–water partition coefficient (Wildman–Crippen LogP) is 2.35. The molecule has 0 atom stereocenters. The summed E-state index contributed by atoms with van der Waals surface area (Å²) in [5, 5.41) is 2.56. The molecule has 0 aromatic heterocycles. The summed E-state index contributed by atoms with van der Waals surface area (Å²) >= 11 is 5.49. The molecule has 0 aliphatic carbocycles. The minimum atomic E-state index is -1.08. The molecule has 0 aliphatic heterocycles. The molecule has 0 unspecified atom stereocenters. The number of nitrogens with one attached hydrogen (secondary N) is 1. The lowest BCUT2D eigenvalue weighted by molar-refractivity contribution is 0.366. The molecule has 1 aromatic rings. The normalized spacial score (nSPS) is 10.4. The summed E-state index contributed by atoms with van der Waals surface area (Å²) in [4.78, 5) is 0. The first-order valence-corrected chi connectivity index (χ1v) is 4.34. The van der Waals surface area contributed by atoms with Crippen LogP contribution in [-0.4, -0.2) is 14.2 Å². The molecule has 2 nitrogen and oxygen atoms in total. The highest BCUT2D eigenvalue weighted by Crippen LogP contribution is 2.30. The number of benzene rings is 1. The second-order valence-corrected chi connectivity index (χ2v) is 3.12. The molecule has 0 amide bonds. The van der Waals surface area contributed by atoms with Crippen molar-refractivity contribution in [2.75, 3.05) is 14.2 Å². The van der Waals surface area contributed by atoms with Gasteiger partial charge in [-0.2, -0.15) is 4.39 Å². The number of hydrogen-bond donors (Lipinski definition) is 1. The number of ether oxygens (including phenoxy) is 1. The van der Waals surface area contributed by atoms with E-state index in [4.69, 9.17) is 16.3 Å². The smallest absolute Gasteiger partial charge is 0.202 e. The fourth-order valence-electron chi connectivity index (χ4n) is 1.17. The first-order chi connectivity index (χ1) is 6.61. The molecule has 14 heavy (non-hydrogen) atoms. The monoisotopic (exact) mass is 221 g/mol. The van der Waals surface area contributed by atoms with Crippen LogP contribution in [0.25, 0.3) is 0 Å². The lowest BCUT2D eigenvalue weighted by Gasteiger charge is -2.10. The molecule has 0 saturated heterocycles. The van der Waals surface area contributed by atoms with Crippen LogP contribution in [0.3, 0.4) is 0 Å². The van der Waals surface area contributed by atoms with Crippen molar-refractivity contribution >= 4 is 11.6 Å². The van der Waals surface area contributed by atoms with Crippen molar-refractivity contribution in [3.05, 3.63) is 28.3 Å². The largest absolute Gasteiger partial charge is 0.493 e. The molecule has 0 spiro atoms. The van der Waals surface area contributed by atoms with Crippen LogP contribution in [0.15, 0.2) is 6.07 Å². The Balaban J connectivity index is 3.28. The summed E-state index contributed by atoms with van der Waals surface area (Å²) < 4.78 is 31.0. The zero-order valence-corrected chi connectivity index (χ0v) is 8.58. The van der Waals surface area contributed by atoms with E-state index in [1.807, 2.05) is 0 Å². The second kappa shape index (κ2) is 4.57. The van der Waals surface area contributed by atoms with Crippen LogP contribution in [0, 0.1) is 11.6 Å². The van der Waals surface area contributed by atoms with E-state index in [0.717, 1.165) is 0 Å². The lowest BCUT2D eigenvalue weighted by atomic mass is 10.2. The molecule has 0 radical (unpaired) electrons. The van der Waals surface area contributed by atoms with E-state index in [-0.39, 0.29) is 10.8 Å².